The van der Waals surface area contributed by atoms with Gasteiger partial charge in [0.25, 0.3) is 0 Å². The van der Waals surface area contributed by atoms with E-state index in [1.807, 2.05) is 0 Å². The minimum absolute atomic E-state index is 0.00756. The second-order valence-electron chi connectivity index (χ2n) is 3.64. The molecule has 2 unspecified atom stereocenters. The zero-order valence-electron chi connectivity index (χ0n) is 8.61. The highest BCUT2D eigenvalue weighted by Crippen LogP contribution is 2.35. The fourth-order valence-corrected chi connectivity index (χ4v) is 2.90. The van der Waals surface area contributed by atoms with E-state index in [0.717, 1.165) is 0 Å². The van der Waals surface area contributed by atoms with E-state index in [0.29, 0.717) is 6.61 Å². The predicted molar refractivity (Wildman–Crippen MR) is 51.8 cm³/mol. The van der Waals surface area contributed by atoms with Crippen molar-refractivity contribution in [2.45, 2.75) is 30.5 Å². The Balaban J connectivity index is 1.92. The van der Waals surface area contributed by atoms with Crippen LogP contribution in [-0.2, 0) is 19.1 Å². The van der Waals surface area contributed by atoms with Crippen molar-refractivity contribution in [1.82, 2.24) is 5.39 Å². The summed E-state index contributed by atoms with van der Waals surface area (Å²) in [5, 5.41) is 16.7. The molecule has 92 valence electrons. The Morgan fingerprint density at radius 3 is 2.69 bits per heavy atom. The quantitative estimate of drug-likeness (QED) is 0.667. The van der Waals surface area contributed by atoms with Crippen LogP contribution in [-0.4, -0.2) is 57.7 Å². The molecule has 4 atom stereocenters. The van der Waals surface area contributed by atoms with Crippen LogP contribution in [0.2, 0.25) is 0 Å². The second-order valence-corrected chi connectivity index (χ2v) is 5.06. The minimum atomic E-state index is -0.558. The lowest BCUT2D eigenvalue weighted by Gasteiger charge is -2.17. The number of thioether (sulfide) groups is 1. The summed E-state index contributed by atoms with van der Waals surface area (Å²) in [5.74, 6) is 0. The highest BCUT2D eigenvalue weighted by Gasteiger charge is 2.49. The third kappa shape index (κ3) is 2.54. The maximum atomic E-state index is 11.0. The van der Waals surface area contributed by atoms with Gasteiger partial charge in [0.15, 0.2) is 5.12 Å². The van der Waals surface area contributed by atoms with E-state index in [1.165, 1.54) is 18.7 Å². The molecule has 2 heterocycles. The lowest BCUT2D eigenvalue weighted by Crippen LogP contribution is -2.36. The molecule has 16 heavy (non-hydrogen) atoms. The summed E-state index contributed by atoms with van der Waals surface area (Å²) in [7, 11) is 0. The van der Waals surface area contributed by atoms with Gasteiger partial charge < -0.3 is 9.47 Å². The van der Waals surface area contributed by atoms with Crippen molar-refractivity contribution in [3.8, 4) is 0 Å². The number of hydrogen-bond donors (Lipinski definition) is 2. The Morgan fingerprint density at radius 2 is 2.06 bits per heavy atom. The molecule has 8 heteroatoms. The van der Waals surface area contributed by atoms with Gasteiger partial charge in [-0.3, -0.25) is 15.2 Å². The van der Waals surface area contributed by atoms with Gasteiger partial charge >= 0.3 is 0 Å². The van der Waals surface area contributed by atoms with Crippen LogP contribution in [0.15, 0.2) is 0 Å². The van der Waals surface area contributed by atoms with Crippen LogP contribution in [0, 0.1) is 0 Å². The van der Waals surface area contributed by atoms with Crippen LogP contribution in [0.5, 0.6) is 0 Å². The standard InChI is InChI=1S/C8H13NO6S/c1-4(10)16-6-3-14-7-5(15-9(11)12)2-13-8(6)7/h5-8,11-12H,2-3H2,1H3/t5-,6+,7?,8?/m1/s1. The van der Waals surface area contributed by atoms with Gasteiger partial charge in [0.1, 0.15) is 18.3 Å². The third-order valence-electron chi connectivity index (χ3n) is 2.51. The molecule has 0 spiro atoms. The molecule has 0 aromatic heterocycles. The van der Waals surface area contributed by atoms with E-state index in [-0.39, 0.29) is 34.6 Å². The molecule has 0 aliphatic carbocycles. The smallest absolute Gasteiger partial charge is 0.186 e. The Kier molecular flexibility index (Phi) is 3.80. The second kappa shape index (κ2) is 4.96. The van der Waals surface area contributed by atoms with Gasteiger partial charge in [-0.2, -0.15) is 0 Å². The van der Waals surface area contributed by atoms with E-state index in [2.05, 4.69) is 4.84 Å². The largest absolute Gasteiger partial charge is 0.371 e. The van der Waals surface area contributed by atoms with Gasteiger partial charge in [0.05, 0.1) is 23.9 Å². The normalized spacial score (nSPS) is 38.0. The molecule has 7 nitrogen and oxygen atoms in total. The molecule has 2 aliphatic heterocycles. The van der Waals surface area contributed by atoms with E-state index < -0.39 is 6.10 Å². The van der Waals surface area contributed by atoms with Gasteiger partial charge in [-0.1, -0.05) is 11.8 Å². The van der Waals surface area contributed by atoms with Crippen molar-refractivity contribution in [1.29, 1.82) is 0 Å². The van der Waals surface area contributed by atoms with Gasteiger partial charge in [0, 0.05) is 6.92 Å². The van der Waals surface area contributed by atoms with Gasteiger partial charge in [-0.05, 0) is 0 Å². The summed E-state index contributed by atoms with van der Waals surface area (Å²) in [5.41, 5.74) is 0. The van der Waals surface area contributed by atoms with Crippen LogP contribution < -0.4 is 0 Å². The molecule has 2 rings (SSSR count). The van der Waals surface area contributed by atoms with Crippen molar-refractivity contribution < 1.29 is 29.5 Å². The van der Waals surface area contributed by atoms with E-state index in [9.17, 15) is 4.79 Å². The fourth-order valence-electron chi connectivity index (χ4n) is 1.95. The highest BCUT2D eigenvalue weighted by molar-refractivity contribution is 8.14. The number of carbonyl (C=O) groups is 1. The summed E-state index contributed by atoms with van der Waals surface area (Å²) in [6.07, 6.45) is -1.16. The van der Waals surface area contributed by atoms with Crippen LogP contribution in [0.3, 0.4) is 0 Å². The average molecular weight is 251 g/mol. The molecule has 2 fully saturated rings. The molecule has 0 aromatic carbocycles. The van der Waals surface area contributed by atoms with Crippen LogP contribution in [0.4, 0.5) is 0 Å². The maximum absolute atomic E-state index is 11.0. The number of nitrogens with zero attached hydrogens (tertiary/aromatic N) is 1. The molecule has 0 bridgehead atoms. The topological polar surface area (TPSA) is 88.5 Å². The summed E-state index contributed by atoms with van der Waals surface area (Å²) in [4.78, 5) is 15.7. The molecule has 2 saturated heterocycles. The molecule has 2 N–H and O–H groups in total. The van der Waals surface area contributed by atoms with E-state index in [4.69, 9.17) is 19.9 Å². The monoisotopic (exact) mass is 251 g/mol. The third-order valence-corrected chi connectivity index (χ3v) is 3.55. The Bertz CT molecular complexity index is 275. The Morgan fingerprint density at radius 1 is 1.38 bits per heavy atom. The van der Waals surface area contributed by atoms with Crippen molar-refractivity contribution in [3.63, 3.8) is 0 Å². The molecule has 0 aromatic rings. The summed E-state index contributed by atoms with van der Waals surface area (Å²) in [6, 6.07) is 0. The lowest BCUT2D eigenvalue weighted by molar-refractivity contribution is -0.507. The summed E-state index contributed by atoms with van der Waals surface area (Å²) >= 11 is 1.18. The van der Waals surface area contributed by atoms with Crippen molar-refractivity contribution in [2.24, 2.45) is 0 Å². The van der Waals surface area contributed by atoms with Gasteiger partial charge in [0.2, 0.25) is 0 Å². The van der Waals surface area contributed by atoms with E-state index in [1.54, 1.807) is 0 Å². The first-order valence-electron chi connectivity index (χ1n) is 4.83. The molecular weight excluding hydrogens is 238 g/mol. The van der Waals surface area contributed by atoms with E-state index >= 15 is 0 Å². The first-order valence-corrected chi connectivity index (χ1v) is 5.71. The van der Waals surface area contributed by atoms with Crippen LogP contribution in [0.25, 0.3) is 0 Å². The van der Waals surface area contributed by atoms with Crippen molar-refractivity contribution >= 4 is 16.9 Å². The number of hydrogen-bond acceptors (Lipinski definition) is 8. The van der Waals surface area contributed by atoms with Gasteiger partial charge in [-0.15, -0.1) is 0 Å². The summed E-state index contributed by atoms with van der Waals surface area (Å²) in [6.45, 7) is 2.10. The number of rotatable bonds is 3. The molecule has 2 aliphatic rings. The molecule has 0 saturated carbocycles. The SMILES string of the molecule is CC(=O)S[C@H]1COC2C1OC[C@H]2ON(O)O. The molecular formula is C8H13NO6S. The van der Waals surface area contributed by atoms with Crippen molar-refractivity contribution in [3.05, 3.63) is 0 Å². The van der Waals surface area contributed by atoms with Crippen LogP contribution >= 0.6 is 11.8 Å². The fraction of sp³-hybridized carbons (Fsp3) is 0.875. The molecule has 0 amide bonds. The average Bonchev–Trinajstić information content (AvgIpc) is 2.70. The Labute approximate surface area is 96.1 Å². The Hall–Kier alpha value is -0.220. The zero-order chi connectivity index (χ0) is 11.7. The predicted octanol–water partition coefficient (Wildman–Crippen LogP) is -0.187. The number of fused-ring (bicyclic) bond motifs is 1. The minimum Gasteiger partial charge on any atom is -0.371 e. The highest BCUT2D eigenvalue weighted by atomic mass is 32.2. The first-order chi connectivity index (χ1) is 7.58. The van der Waals surface area contributed by atoms with Crippen LogP contribution in [0.1, 0.15) is 6.92 Å². The summed E-state index contributed by atoms with van der Waals surface area (Å²) < 4.78 is 10.9. The number of ether oxygens (including phenoxy) is 2. The maximum Gasteiger partial charge on any atom is 0.186 e. The first kappa shape index (κ1) is 12.2. The van der Waals surface area contributed by atoms with Gasteiger partial charge in [-0.25, -0.2) is 4.84 Å². The lowest BCUT2D eigenvalue weighted by atomic mass is 10.1. The number of carbonyl (C=O) groups excluding carboxylic acids is 1. The van der Waals surface area contributed by atoms with Crippen molar-refractivity contribution in [2.75, 3.05) is 13.2 Å². The molecule has 0 radical (unpaired) electrons. The zero-order valence-corrected chi connectivity index (χ0v) is 9.42.